The molecule has 0 aliphatic heterocycles. The molecule has 0 saturated carbocycles. The van der Waals surface area contributed by atoms with Crippen LogP contribution < -0.4 is 21.3 Å². The number of ether oxygens (including phenoxy) is 4. The van der Waals surface area contributed by atoms with E-state index in [9.17, 15) is 79.1 Å². The number of hydrogen-bond acceptors (Lipinski definition) is 20. The largest absolute Gasteiger partial charge is 0.511 e. The van der Waals surface area contributed by atoms with Crippen LogP contribution in [0.15, 0.2) is 109 Å². The number of nitrogens with one attached hydrogen (secondary N) is 4. The van der Waals surface area contributed by atoms with E-state index < -0.39 is 102 Å². The molecule has 33 heteroatoms. The number of amides is 4. The maximum atomic E-state index is 12.0. The Kier molecular flexibility index (Phi) is 32.4. The van der Waals surface area contributed by atoms with E-state index in [0.717, 1.165) is 0 Å². The molecule has 4 atom stereocenters. The van der Waals surface area contributed by atoms with Crippen molar-refractivity contribution in [1.82, 2.24) is 21.3 Å². The molecule has 93 heavy (non-hydrogen) atoms. The van der Waals surface area contributed by atoms with E-state index >= 15 is 0 Å². The van der Waals surface area contributed by atoms with Gasteiger partial charge in [0.2, 0.25) is 0 Å². The van der Waals surface area contributed by atoms with Crippen LogP contribution in [0.5, 0.6) is 0 Å². The molecule has 502 valence electrons. The van der Waals surface area contributed by atoms with Gasteiger partial charge < -0.3 is 56.4 Å². The fourth-order valence-corrected chi connectivity index (χ4v) is 7.48. The van der Waals surface area contributed by atoms with Gasteiger partial charge in [0.15, 0.2) is 5.78 Å². The molecule has 0 unspecified atom stereocenters. The molecule has 0 fully saturated rings. The number of aliphatic hydroxyl groups excluding tert-OH is 1. The minimum absolute atomic E-state index is 0.0248. The van der Waals surface area contributed by atoms with Crippen molar-refractivity contribution in [3.8, 4) is 0 Å². The number of benzene rings is 4. The Hall–Kier alpha value is -10.7. The monoisotopic (exact) mass is 1360 g/mol. The molecule has 0 heterocycles. The van der Waals surface area contributed by atoms with Crippen LogP contribution in [0.3, 0.4) is 0 Å². The first kappa shape index (κ1) is 80.4. The van der Waals surface area contributed by atoms with E-state index in [4.69, 9.17) is 30.0 Å². The van der Waals surface area contributed by atoms with Gasteiger partial charge in [-0.05, 0) is 118 Å². The van der Waals surface area contributed by atoms with Crippen LogP contribution in [0.25, 0.3) is 11.1 Å². The molecule has 0 bridgehead atoms. The summed E-state index contributed by atoms with van der Waals surface area (Å²) in [5, 5.41) is 62.0. The van der Waals surface area contributed by atoms with Gasteiger partial charge in [-0.1, -0.05) is 71.0 Å². The predicted octanol–water partition coefficient (Wildman–Crippen LogP) is 9.90. The second kappa shape index (κ2) is 37.5. The molecule has 4 amide bonds. The molecule has 0 spiro atoms. The van der Waals surface area contributed by atoms with Crippen LogP contribution in [0, 0.1) is 40.5 Å². The van der Waals surface area contributed by atoms with E-state index in [0.29, 0.717) is 34.7 Å². The maximum absolute atomic E-state index is 12.0. The number of rotatable bonds is 23. The maximum Gasteiger partial charge on any atom is 0.408 e. The van der Waals surface area contributed by atoms with Crippen molar-refractivity contribution in [2.45, 2.75) is 155 Å². The number of nitro groups is 4. The van der Waals surface area contributed by atoms with Gasteiger partial charge in [0.05, 0.1) is 37.1 Å². The lowest BCUT2D eigenvalue weighted by molar-refractivity contribution is -0.385. The van der Waals surface area contributed by atoms with Crippen LogP contribution >= 0.6 is 15.9 Å². The number of carbonyl (C=O) groups is 7. The number of alkyl halides is 1. The van der Waals surface area contributed by atoms with E-state index in [1.165, 1.54) is 72.8 Å². The number of hydrogen-bond donors (Lipinski definition) is 5. The van der Waals surface area contributed by atoms with Gasteiger partial charge in [-0.2, -0.15) is 9.58 Å². The molecule has 32 nitrogen and oxygen atoms in total. The van der Waals surface area contributed by atoms with Crippen molar-refractivity contribution < 1.29 is 86.9 Å². The number of non-ortho nitro benzene ring substituents is 4. The van der Waals surface area contributed by atoms with Gasteiger partial charge in [-0.15, -0.1) is 0 Å². The van der Waals surface area contributed by atoms with E-state index in [1.807, 2.05) is 0 Å². The van der Waals surface area contributed by atoms with E-state index in [1.54, 1.807) is 107 Å². The Balaban J connectivity index is 0.000000620. The number of aliphatic hydroxyl groups is 1. The third-order valence-electron chi connectivity index (χ3n) is 11.1. The summed E-state index contributed by atoms with van der Waals surface area (Å²) in [6.07, 6.45) is -1.02. The molecule has 0 saturated heterocycles. The predicted molar refractivity (Wildman–Crippen MR) is 340 cm³/mol. The highest BCUT2D eigenvalue weighted by atomic mass is 79.9. The smallest absolute Gasteiger partial charge is 0.408 e. The Morgan fingerprint density at radius 1 is 0.452 bits per heavy atom. The second-order valence-electron chi connectivity index (χ2n) is 23.7. The van der Waals surface area contributed by atoms with Crippen LogP contribution in [-0.4, -0.2) is 140 Å². The van der Waals surface area contributed by atoms with Crippen LogP contribution in [0.2, 0.25) is 0 Å². The zero-order chi connectivity index (χ0) is 71.2. The van der Waals surface area contributed by atoms with Gasteiger partial charge in [-0.3, -0.25) is 54.8 Å². The quantitative estimate of drug-likeness (QED) is 0.00673. The first-order valence-electron chi connectivity index (χ1n) is 27.8. The Labute approximate surface area is 542 Å². The lowest BCUT2D eigenvalue weighted by Gasteiger charge is -2.23. The van der Waals surface area contributed by atoms with Gasteiger partial charge in [-0.25, -0.2) is 19.2 Å². The lowest BCUT2D eigenvalue weighted by Crippen LogP contribution is -2.45. The molecule has 0 radical (unpaired) electrons. The van der Waals surface area contributed by atoms with Crippen molar-refractivity contribution in [3.63, 3.8) is 0 Å². The lowest BCUT2D eigenvalue weighted by atomic mass is 10.0. The van der Waals surface area contributed by atoms with Crippen molar-refractivity contribution in [2.24, 2.45) is 0 Å². The fraction of sp³-hybridized carbons (Fsp3) is 0.417. The third kappa shape index (κ3) is 34.8. The topological polar surface area (TPSA) is 470 Å². The molecule has 0 aliphatic rings. The van der Waals surface area contributed by atoms with Gasteiger partial charge in [0, 0.05) is 61.4 Å². The summed E-state index contributed by atoms with van der Waals surface area (Å²) in [6.45, 7) is 23.8. The number of halogens is 1. The Morgan fingerprint density at radius 3 is 0.849 bits per heavy atom. The number of alkyl carbamates (subject to hydrolysis) is 4. The van der Waals surface area contributed by atoms with Crippen molar-refractivity contribution in [3.05, 3.63) is 183 Å². The fourth-order valence-electron chi connectivity index (χ4n) is 7.09. The molecule has 0 aromatic heterocycles. The van der Waals surface area contributed by atoms with E-state index in [-0.39, 0.29) is 65.3 Å². The van der Waals surface area contributed by atoms with Crippen LogP contribution in [-0.2, 0) is 59.0 Å². The summed E-state index contributed by atoms with van der Waals surface area (Å²) in [5.41, 5.74) is 16.6. The normalized spacial score (nSPS) is 12.1. The summed E-state index contributed by atoms with van der Waals surface area (Å²) < 4.78 is 20.4. The van der Waals surface area contributed by atoms with E-state index in [2.05, 4.69) is 53.4 Å². The minimum atomic E-state index is -1.03. The zero-order valence-corrected chi connectivity index (χ0v) is 54.7. The highest BCUT2D eigenvalue weighted by molar-refractivity contribution is 9.09. The number of ketones is 3. The summed E-state index contributed by atoms with van der Waals surface area (Å²) in [5.74, 6) is -1.71. The first-order chi connectivity index (χ1) is 42.9. The number of nitrogens with zero attached hydrogens (tertiary/aromatic N) is 8. The Morgan fingerprint density at radius 2 is 0.656 bits per heavy atom. The van der Waals surface area contributed by atoms with Crippen LogP contribution in [0.1, 0.15) is 105 Å². The first-order valence-corrected chi connectivity index (χ1v) is 28.9. The average molecular weight is 1360 g/mol. The Bertz CT molecular complexity index is 3260. The SMILES string of the molecule is C=C(O)[C@H](Cc1ccc([N+](=O)[O-])cc1)NC(=O)OC(C)(C)C.CC(C)(C)OC(=O)N[C@@H](Cc1ccc([N+](=O)[O-])cc1)C(=O)C=[N+]=[N-].CC(C)(C)OC(=O)N[C@@H](Cc1ccc([N+](=O)[O-])cc1)C(=O)C=[N+]=[N-].CC(C)(C)OC(=O)N[C@@H](Cc1ccc([N+](=O)[O-])cc1)C(=O)CBr. The number of carbonyl (C=O) groups excluding carboxylic acids is 7. The molecule has 4 aromatic rings. The van der Waals surface area contributed by atoms with Gasteiger partial charge in [0.25, 0.3) is 34.3 Å². The summed E-state index contributed by atoms with van der Waals surface area (Å²) in [6, 6.07) is 19.2. The molecule has 4 aromatic carbocycles. The zero-order valence-electron chi connectivity index (χ0n) is 53.1. The van der Waals surface area contributed by atoms with Crippen LogP contribution in [0.4, 0.5) is 41.9 Å². The van der Waals surface area contributed by atoms with Crippen molar-refractivity contribution in [1.29, 1.82) is 0 Å². The standard InChI is InChI=1S/C15H19BrN2O5.2C15H18N4O5.C15H20N2O5/c1-15(2,3)23-14(20)17-12(13(19)9-16)8-10-4-6-11(7-5-10)18(21)22;2*1-15(2,3)24-14(21)18-12(13(20)9-17-16)8-10-4-6-11(7-5-10)19(22)23;1-10(18)13(16-14(19)22-15(2,3)4)9-11-5-7-12(8-6-11)17(20)21/h4-7,12H,8-9H2,1-3H3,(H,17,20);2*4-7,9,12H,8H2,1-3H3,(H,18,21);5-8,13,18H,1,9H2,2-4H3,(H,16,19)/t3*12-;13-/m0000/s1. The molecular weight excluding hydrogens is 1290 g/mol. The summed E-state index contributed by atoms with van der Waals surface area (Å²) in [7, 11) is 0. The van der Waals surface area contributed by atoms with Crippen molar-refractivity contribution >= 4 is 92.8 Å². The minimum Gasteiger partial charge on any atom is -0.511 e. The second-order valence-corrected chi connectivity index (χ2v) is 24.3. The number of Topliss-reactive ketones (excluding diaryl/α,β-unsaturated/α-hetero) is 3. The molecular formula is C60H75BrN12O20. The van der Waals surface area contributed by atoms with Gasteiger partial charge >= 0.3 is 36.8 Å². The van der Waals surface area contributed by atoms with Gasteiger partial charge in [0.1, 0.15) is 40.2 Å². The summed E-state index contributed by atoms with van der Waals surface area (Å²) >= 11 is 3.08. The number of nitro benzene ring substituents is 4. The highest BCUT2D eigenvalue weighted by Crippen LogP contribution is 2.20. The molecule has 4 rings (SSSR count). The summed E-state index contributed by atoms with van der Waals surface area (Å²) in [4.78, 5) is 129. The third-order valence-corrected chi connectivity index (χ3v) is 11.6. The highest BCUT2D eigenvalue weighted by Gasteiger charge is 2.29. The van der Waals surface area contributed by atoms with Crippen molar-refractivity contribution in [2.75, 3.05) is 5.33 Å². The molecule has 0 aliphatic carbocycles. The average Bonchev–Trinajstić information content (AvgIpc) is 1.11. The molecule has 5 N–H and O–H groups in total.